The fourth-order valence-corrected chi connectivity index (χ4v) is 9.56. The number of oxime groups is 1. The lowest BCUT2D eigenvalue weighted by molar-refractivity contribution is -0.153. The average Bonchev–Trinajstić information content (AvgIpc) is 3.96. The highest BCUT2D eigenvalue weighted by atomic mass is 32.2. The number of carbonyl (C=O) groups excluding carboxylic acids is 4. The molecule has 8 rings (SSSR count). The molecule has 2 saturated heterocycles. The Morgan fingerprint density at radius 2 is 1.56 bits per heavy atom. The summed E-state index contributed by atoms with van der Waals surface area (Å²) in [6.45, 7) is -0.0476. The highest BCUT2D eigenvalue weighted by Crippen LogP contribution is 2.43. The SMILES string of the molecule is CO/N=C(\C(=O)N[C@@H]1C(=O)N2C(C(=O)OCc3ccc(OC)cc3)=C(/C=C\C3CCC(=O)O3)CS[C@@H]12)c1csc(NC(c2ccccc2)(c2ccccc2)c2ccccc2)n1. The van der Waals surface area contributed by atoms with Crippen molar-refractivity contribution in [2.75, 3.05) is 25.3 Å². The number of fused-ring (bicyclic) bond motifs is 1. The molecule has 5 aromatic rings. The molecule has 1 unspecified atom stereocenters. The standard InChI is InChI=1S/C46H41N5O8S2/c1-56-34-21-18-29(19-22-34)26-58-44(55)40-30(20-23-35-24-25-37(52)59-35)27-60-43-39(42(54)51(40)43)48-41(53)38(50-57-2)36-28-61-45(47-36)49-46(31-12-6-3-7-13-31,32-14-8-4-9-15-32)33-16-10-5-11-17-33/h3-23,28,35,39,43H,24-27H2,1-2H3,(H,47,49)(H,48,53)/b23-20-,50-38-/t35?,39-,43+/m1/s1. The van der Waals surface area contributed by atoms with Crippen molar-refractivity contribution in [3.05, 3.63) is 172 Å². The number of rotatable bonds is 15. The first-order valence-corrected chi connectivity index (χ1v) is 21.4. The molecule has 61 heavy (non-hydrogen) atoms. The van der Waals surface area contributed by atoms with E-state index in [4.69, 9.17) is 24.0 Å². The van der Waals surface area contributed by atoms with Crippen LogP contribution in [0, 0.1) is 0 Å². The number of thioether (sulfide) groups is 1. The zero-order chi connectivity index (χ0) is 42.3. The molecule has 3 atom stereocenters. The van der Waals surface area contributed by atoms with Crippen LogP contribution < -0.4 is 15.4 Å². The molecule has 2 fully saturated rings. The number of nitrogens with zero attached hydrogens (tertiary/aromatic N) is 3. The summed E-state index contributed by atoms with van der Waals surface area (Å²) in [5.41, 5.74) is 3.49. The molecular formula is C46H41N5O8S2. The van der Waals surface area contributed by atoms with Gasteiger partial charge in [0.15, 0.2) is 10.8 Å². The number of nitrogens with one attached hydrogen (secondary N) is 2. The van der Waals surface area contributed by atoms with Crippen molar-refractivity contribution in [2.45, 2.75) is 42.5 Å². The minimum absolute atomic E-state index is 0.0476. The third kappa shape index (κ3) is 8.52. The molecule has 0 aliphatic carbocycles. The van der Waals surface area contributed by atoms with Gasteiger partial charge in [-0.15, -0.1) is 23.1 Å². The Hall–Kier alpha value is -6.71. The second kappa shape index (κ2) is 18.3. The van der Waals surface area contributed by atoms with Gasteiger partial charge in [-0.05, 0) is 52.5 Å². The van der Waals surface area contributed by atoms with Crippen molar-refractivity contribution in [1.29, 1.82) is 0 Å². The topological polar surface area (TPSA) is 158 Å². The average molecular weight is 856 g/mol. The number of aromatic nitrogens is 1. The Bertz CT molecular complexity index is 2400. The summed E-state index contributed by atoms with van der Waals surface area (Å²) in [6.07, 6.45) is 3.80. The number of β-lactam (4-membered cyclic amide) rings is 1. The fraction of sp³-hybridized carbons (Fsp3) is 0.217. The van der Waals surface area contributed by atoms with E-state index in [1.165, 1.54) is 35.1 Å². The maximum atomic E-state index is 14.1. The zero-order valence-electron chi connectivity index (χ0n) is 33.2. The molecule has 0 radical (unpaired) electrons. The molecule has 15 heteroatoms. The van der Waals surface area contributed by atoms with Crippen LogP contribution in [0.2, 0.25) is 0 Å². The molecule has 4 heterocycles. The minimum Gasteiger partial charge on any atom is -0.497 e. The van der Waals surface area contributed by atoms with Gasteiger partial charge in [0, 0.05) is 17.6 Å². The number of allylic oxidation sites excluding steroid dienone is 1. The number of hydrogen-bond donors (Lipinski definition) is 2. The smallest absolute Gasteiger partial charge is 0.355 e. The van der Waals surface area contributed by atoms with E-state index in [2.05, 4.69) is 52.2 Å². The molecule has 3 aliphatic heterocycles. The second-order valence-electron chi connectivity index (χ2n) is 14.2. The molecule has 1 aromatic heterocycles. The fourth-order valence-electron chi connectivity index (χ4n) is 7.49. The zero-order valence-corrected chi connectivity index (χ0v) is 34.8. The highest BCUT2D eigenvalue weighted by Gasteiger charge is 2.54. The first-order valence-electron chi connectivity index (χ1n) is 19.5. The lowest BCUT2D eigenvalue weighted by Gasteiger charge is -2.49. The summed E-state index contributed by atoms with van der Waals surface area (Å²) in [5.74, 6) is -1.21. The van der Waals surface area contributed by atoms with Gasteiger partial charge in [-0.25, -0.2) is 9.78 Å². The Kier molecular flexibility index (Phi) is 12.3. The van der Waals surface area contributed by atoms with E-state index < -0.39 is 40.8 Å². The van der Waals surface area contributed by atoms with Crippen molar-refractivity contribution in [3.8, 4) is 5.75 Å². The van der Waals surface area contributed by atoms with Gasteiger partial charge < -0.3 is 29.7 Å². The van der Waals surface area contributed by atoms with Gasteiger partial charge in [0.2, 0.25) is 0 Å². The number of amides is 2. The van der Waals surface area contributed by atoms with Crippen LogP contribution >= 0.6 is 23.1 Å². The van der Waals surface area contributed by atoms with Crippen molar-refractivity contribution >= 4 is 57.7 Å². The minimum atomic E-state index is -0.997. The number of anilines is 1. The van der Waals surface area contributed by atoms with Crippen molar-refractivity contribution in [1.82, 2.24) is 15.2 Å². The third-order valence-electron chi connectivity index (χ3n) is 10.5. The van der Waals surface area contributed by atoms with Gasteiger partial charge in [0.05, 0.1) is 7.11 Å². The molecule has 3 aliphatic rings. The van der Waals surface area contributed by atoms with Crippen LogP contribution in [0.1, 0.15) is 40.8 Å². The summed E-state index contributed by atoms with van der Waals surface area (Å²) in [7, 11) is 2.89. The van der Waals surface area contributed by atoms with E-state index in [-0.39, 0.29) is 29.7 Å². The van der Waals surface area contributed by atoms with Crippen LogP contribution in [0.4, 0.5) is 5.13 Å². The summed E-state index contributed by atoms with van der Waals surface area (Å²) in [5, 5.41) is 12.2. The van der Waals surface area contributed by atoms with E-state index in [0.717, 1.165) is 22.3 Å². The van der Waals surface area contributed by atoms with Gasteiger partial charge in [0.25, 0.3) is 11.8 Å². The highest BCUT2D eigenvalue weighted by molar-refractivity contribution is 8.00. The summed E-state index contributed by atoms with van der Waals surface area (Å²) in [4.78, 5) is 64.9. The van der Waals surface area contributed by atoms with Crippen molar-refractivity contribution in [2.24, 2.45) is 5.16 Å². The predicted octanol–water partition coefficient (Wildman–Crippen LogP) is 6.57. The number of thiazole rings is 1. The molecule has 2 N–H and O–H groups in total. The lowest BCUT2D eigenvalue weighted by atomic mass is 9.77. The van der Waals surface area contributed by atoms with Crippen LogP contribution in [0.3, 0.4) is 0 Å². The van der Waals surface area contributed by atoms with Crippen molar-refractivity contribution < 1.29 is 38.2 Å². The number of ether oxygens (including phenoxy) is 3. The normalized spacial score (nSPS) is 18.9. The lowest BCUT2D eigenvalue weighted by Crippen LogP contribution is -2.71. The van der Waals surface area contributed by atoms with Crippen LogP contribution in [0.5, 0.6) is 5.75 Å². The Morgan fingerprint density at radius 1 is 0.918 bits per heavy atom. The third-order valence-corrected chi connectivity index (χ3v) is 12.6. The van der Waals surface area contributed by atoms with Gasteiger partial charge in [-0.3, -0.25) is 19.3 Å². The predicted molar refractivity (Wildman–Crippen MR) is 232 cm³/mol. The van der Waals surface area contributed by atoms with E-state index in [1.54, 1.807) is 48.9 Å². The Balaban J connectivity index is 1.03. The number of esters is 2. The Morgan fingerprint density at radius 3 is 2.13 bits per heavy atom. The molecule has 2 amide bonds. The van der Waals surface area contributed by atoms with Gasteiger partial charge >= 0.3 is 11.9 Å². The van der Waals surface area contributed by atoms with E-state index >= 15 is 0 Å². The maximum absolute atomic E-state index is 14.1. The molecule has 0 spiro atoms. The molecule has 4 aromatic carbocycles. The summed E-state index contributed by atoms with van der Waals surface area (Å²) < 4.78 is 16.3. The van der Waals surface area contributed by atoms with Crippen LogP contribution in [0.25, 0.3) is 0 Å². The van der Waals surface area contributed by atoms with Crippen LogP contribution in [-0.4, -0.2) is 76.8 Å². The number of hydrogen-bond acceptors (Lipinski definition) is 13. The molecular weight excluding hydrogens is 815 g/mol. The Labute approximate surface area is 360 Å². The largest absolute Gasteiger partial charge is 0.497 e. The van der Waals surface area contributed by atoms with Crippen LogP contribution in [0.15, 0.2) is 149 Å². The van der Waals surface area contributed by atoms with Gasteiger partial charge in [-0.2, -0.15) is 0 Å². The van der Waals surface area contributed by atoms with Gasteiger partial charge in [0.1, 0.15) is 53.9 Å². The summed E-state index contributed by atoms with van der Waals surface area (Å²) >= 11 is 2.68. The quantitative estimate of drug-likeness (QED) is 0.0386. The van der Waals surface area contributed by atoms with E-state index in [9.17, 15) is 19.2 Å². The molecule has 310 valence electrons. The van der Waals surface area contributed by atoms with Gasteiger partial charge in [-0.1, -0.05) is 114 Å². The maximum Gasteiger partial charge on any atom is 0.355 e. The number of carbonyl (C=O) groups is 4. The molecule has 13 nitrogen and oxygen atoms in total. The van der Waals surface area contributed by atoms with Crippen molar-refractivity contribution in [3.63, 3.8) is 0 Å². The number of benzene rings is 4. The van der Waals surface area contributed by atoms with Crippen LogP contribution in [-0.2, 0) is 45.6 Å². The first-order chi connectivity index (χ1) is 29.8. The van der Waals surface area contributed by atoms with E-state index in [1.807, 2.05) is 54.6 Å². The molecule has 0 saturated carbocycles. The summed E-state index contributed by atoms with van der Waals surface area (Å²) in [6, 6.07) is 36.3. The monoisotopic (exact) mass is 855 g/mol. The van der Waals surface area contributed by atoms with E-state index in [0.29, 0.717) is 35.0 Å². The second-order valence-corrected chi connectivity index (χ2v) is 16.2. The molecule has 0 bridgehead atoms. The number of cyclic esters (lactones) is 1. The number of methoxy groups -OCH3 is 1. The first kappa shape index (κ1) is 41.0.